The molecule has 1 aromatic heterocycles. The quantitative estimate of drug-likeness (QED) is 0.612. The van der Waals surface area contributed by atoms with E-state index in [2.05, 4.69) is 39.8 Å². The molecule has 142 valence electrons. The van der Waals surface area contributed by atoms with Gasteiger partial charge in [0.05, 0.1) is 18.2 Å². The molecule has 1 aromatic carbocycles. The number of aromatic nitrogens is 2. The molecule has 1 fully saturated rings. The van der Waals surface area contributed by atoms with E-state index in [1.807, 2.05) is 24.3 Å². The van der Waals surface area contributed by atoms with E-state index >= 15 is 0 Å². The molecule has 3 rings (SSSR count). The van der Waals surface area contributed by atoms with Crippen LogP contribution in [0.4, 0.5) is 0 Å². The standard InChI is InChI=1S/C17H22BrN3O3S2/c1-12(2)9-20(15-7-8-26(22,23)10-15)11-21-17(25)24-16(19-21)13-3-5-14(18)6-4-13/h3-6,12,15H,7-11H2,1-2H3/t15-/m0/s1. The Morgan fingerprint density at radius 2 is 2.08 bits per heavy atom. The van der Waals surface area contributed by atoms with Gasteiger partial charge in [-0.2, -0.15) is 0 Å². The van der Waals surface area contributed by atoms with Crippen molar-refractivity contribution in [2.24, 2.45) is 5.92 Å². The first kappa shape index (κ1) is 19.7. The van der Waals surface area contributed by atoms with Gasteiger partial charge in [-0.3, -0.25) is 4.90 Å². The minimum Gasteiger partial charge on any atom is -0.409 e. The Labute approximate surface area is 167 Å². The molecule has 2 heterocycles. The average Bonchev–Trinajstić information content (AvgIpc) is 3.10. The highest BCUT2D eigenvalue weighted by atomic mass is 79.9. The molecule has 2 aromatic rings. The van der Waals surface area contributed by atoms with E-state index in [1.165, 1.54) is 0 Å². The van der Waals surface area contributed by atoms with Crippen molar-refractivity contribution in [2.45, 2.75) is 33.0 Å². The Morgan fingerprint density at radius 3 is 2.65 bits per heavy atom. The fourth-order valence-corrected chi connectivity index (χ4v) is 5.33. The highest BCUT2D eigenvalue weighted by Crippen LogP contribution is 2.23. The molecule has 1 aliphatic heterocycles. The fraction of sp³-hybridized carbons (Fsp3) is 0.529. The second-order valence-electron chi connectivity index (χ2n) is 7.04. The van der Waals surface area contributed by atoms with E-state index in [0.29, 0.717) is 24.9 Å². The van der Waals surface area contributed by atoms with E-state index in [9.17, 15) is 8.42 Å². The summed E-state index contributed by atoms with van der Waals surface area (Å²) >= 11 is 8.74. The number of hydrogen-bond donors (Lipinski definition) is 0. The molecule has 6 nitrogen and oxygen atoms in total. The van der Waals surface area contributed by atoms with Crippen molar-refractivity contribution in [2.75, 3.05) is 18.1 Å². The van der Waals surface area contributed by atoms with Gasteiger partial charge < -0.3 is 4.42 Å². The molecule has 9 heteroatoms. The number of hydrogen-bond acceptors (Lipinski definition) is 6. The Balaban J connectivity index is 1.82. The molecule has 1 saturated heterocycles. The van der Waals surface area contributed by atoms with Gasteiger partial charge in [-0.05, 0) is 48.8 Å². The van der Waals surface area contributed by atoms with Gasteiger partial charge in [0.2, 0.25) is 5.89 Å². The van der Waals surface area contributed by atoms with Gasteiger partial charge in [0, 0.05) is 22.6 Å². The van der Waals surface area contributed by atoms with Gasteiger partial charge in [-0.1, -0.05) is 29.8 Å². The number of benzene rings is 1. The maximum Gasteiger partial charge on any atom is 0.288 e. The Bertz CT molecular complexity index is 919. The van der Waals surface area contributed by atoms with Crippen LogP contribution in [0.5, 0.6) is 0 Å². The second kappa shape index (κ2) is 7.92. The highest BCUT2D eigenvalue weighted by molar-refractivity contribution is 9.10. The fourth-order valence-electron chi connectivity index (χ4n) is 3.13. The van der Waals surface area contributed by atoms with Crippen LogP contribution in [0.2, 0.25) is 0 Å². The van der Waals surface area contributed by atoms with Crippen LogP contribution in [-0.2, 0) is 16.5 Å². The molecule has 0 amide bonds. The van der Waals surface area contributed by atoms with Crippen LogP contribution in [0.15, 0.2) is 33.2 Å². The van der Waals surface area contributed by atoms with Crippen LogP contribution in [0, 0.1) is 10.8 Å². The molecule has 0 radical (unpaired) electrons. The minimum atomic E-state index is -2.95. The Hall–Kier alpha value is -1.03. The van der Waals surface area contributed by atoms with Gasteiger partial charge >= 0.3 is 0 Å². The predicted molar refractivity (Wildman–Crippen MR) is 107 cm³/mol. The third kappa shape index (κ3) is 4.82. The number of sulfone groups is 1. The molecule has 26 heavy (non-hydrogen) atoms. The highest BCUT2D eigenvalue weighted by Gasteiger charge is 2.33. The smallest absolute Gasteiger partial charge is 0.288 e. The van der Waals surface area contributed by atoms with Gasteiger partial charge in [-0.25, -0.2) is 13.1 Å². The summed E-state index contributed by atoms with van der Waals surface area (Å²) in [5, 5.41) is 4.50. The SMILES string of the molecule is CC(C)CN(Cn1nc(-c2ccc(Br)cc2)oc1=S)[C@H]1CCS(=O)(=O)C1. The normalized spacial score (nSPS) is 19.5. The van der Waals surface area contributed by atoms with Crippen LogP contribution in [0.25, 0.3) is 11.5 Å². The van der Waals surface area contributed by atoms with Crippen LogP contribution >= 0.6 is 28.1 Å². The largest absolute Gasteiger partial charge is 0.409 e. The molecule has 0 aliphatic carbocycles. The van der Waals surface area contributed by atoms with Gasteiger partial charge in [0.25, 0.3) is 4.84 Å². The van der Waals surface area contributed by atoms with Crippen LogP contribution in [0.3, 0.4) is 0 Å². The number of rotatable bonds is 6. The lowest BCUT2D eigenvalue weighted by Gasteiger charge is -2.29. The number of nitrogens with zero attached hydrogens (tertiary/aromatic N) is 3. The molecular weight excluding hydrogens is 438 g/mol. The third-order valence-corrected chi connectivity index (χ3v) is 6.91. The molecular formula is C17H22BrN3O3S2. The molecule has 1 aliphatic rings. The first-order valence-electron chi connectivity index (χ1n) is 8.52. The predicted octanol–water partition coefficient (Wildman–Crippen LogP) is 3.74. The van der Waals surface area contributed by atoms with E-state index in [-0.39, 0.29) is 22.4 Å². The molecule has 0 unspecified atom stereocenters. The molecule has 0 spiro atoms. The van der Waals surface area contributed by atoms with Crippen molar-refractivity contribution >= 4 is 38.0 Å². The van der Waals surface area contributed by atoms with Crippen LogP contribution in [-0.4, -0.2) is 47.2 Å². The van der Waals surface area contributed by atoms with Crippen molar-refractivity contribution in [3.63, 3.8) is 0 Å². The van der Waals surface area contributed by atoms with E-state index in [1.54, 1.807) is 4.68 Å². The monoisotopic (exact) mass is 459 g/mol. The van der Waals surface area contributed by atoms with Crippen molar-refractivity contribution < 1.29 is 12.8 Å². The maximum absolute atomic E-state index is 11.9. The summed E-state index contributed by atoms with van der Waals surface area (Å²) in [6.45, 7) is 5.44. The van der Waals surface area contributed by atoms with Crippen molar-refractivity contribution in [3.8, 4) is 11.5 Å². The zero-order valence-corrected chi connectivity index (χ0v) is 18.0. The summed E-state index contributed by atoms with van der Waals surface area (Å²) in [6, 6.07) is 7.65. The zero-order valence-electron chi connectivity index (χ0n) is 14.8. The van der Waals surface area contributed by atoms with E-state index in [4.69, 9.17) is 16.6 Å². The van der Waals surface area contributed by atoms with Gasteiger partial charge in [0.15, 0.2) is 9.84 Å². The summed E-state index contributed by atoms with van der Waals surface area (Å²) in [5.41, 5.74) is 0.844. The summed E-state index contributed by atoms with van der Waals surface area (Å²) < 4.78 is 32.0. The zero-order chi connectivity index (χ0) is 18.9. The minimum absolute atomic E-state index is 0.00266. The summed E-state index contributed by atoms with van der Waals surface area (Å²) in [7, 11) is -2.95. The van der Waals surface area contributed by atoms with Crippen LogP contribution < -0.4 is 0 Å². The topological polar surface area (TPSA) is 68.3 Å². The lowest BCUT2D eigenvalue weighted by Crippen LogP contribution is -2.40. The maximum atomic E-state index is 11.9. The third-order valence-electron chi connectivity index (χ3n) is 4.34. The van der Waals surface area contributed by atoms with Crippen molar-refractivity contribution in [3.05, 3.63) is 33.6 Å². The summed E-state index contributed by atoms with van der Waals surface area (Å²) in [4.78, 5) is 2.44. The lowest BCUT2D eigenvalue weighted by molar-refractivity contribution is 0.136. The second-order valence-corrected chi connectivity index (χ2v) is 10.5. The Kier molecular flexibility index (Phi) is 6.01. The molecule has 1 atom stereocenters. The van der Waals surface area contributed by atoms with E-state index in [0.717, 1.165) is 16.6 Å². The first-order chi connectivity index (χ1) is 12.2. The Morgan fingerprint density at radius 1 is 1.38 bits per heavy atom. The number of halogens is 1. The van der Waals surface area contributed by atoms with Crippen molar-refractivity contribution in [1.82, 2.24) is 14.7 Å². The summed E-state index contributed by atoms with van der Waals surface area (Å²) in [5.74, 6) is 1.32. The molecule has 0 bridgehead atoms. The van der Waals surface area contributed by atoms with Crippen LogP contribution in [0.1, 0.15) is 20.3 Å². The van der Waals surface area contributed by atoms with E-state index < -0.39 is 9.84 Å². The van der Waals surface area contributed by atoms with Crippen molar-refractivity contribution in [1.29, 1.82) is 0 Å². The summed E-state index contributed by atoms with van der Waals surface area (Å²) in [6.07, 6.45) is 0.653. The average molecular weight is 460 g/mol. The first-order valence-corrected chi connectivity index (χ1v) is 11.5. The molecule has 0 saturated carbocycles. The van der Waals surface area contributed by atoms with Gasteiger partial charge in [0.1, 0.15) is 0 Å². The lowest BCUT2D eigenvalue weighted by atomic mass is 10.1. The molecule has 0 N–H and O–H groups in total. The van der Waals surface area contributed by atoms with Gasteiger partial charge in [-0.15, -0.1) is 5.10 Å².